The normalized spacial score (nSPS) is 15.8. The van der Waals surface area contributed by atoms with E-state index >= 15 is 0 Å². The Kier molecular flexibility index (Phi) is 12.6. The van der Waals surface area contributed by atoms with E-state index < -0.39 is 5.97 Å². The summed E-state index contributed by atoms with van der Waals surface area (Å²) in [5.41, 5.74) is 3.84. The molecule has 287 valence electrons. The maximum absolute atomic E-state index is 12.2. The van der Waals surface area contributed by atoms with Crippen molar-refractivity contribution in [3.8, 4) is 11.3 Å². The maximum Gasteiger partial charge on any atom is 0.290 e. The number of aliphatic hydroxyl groups is 4. The molecule has 1 aliphatic carbocycles. The van der Waals surface area contributed by atoms with Gasteiger partial charge in [0.1, 0.15) is 5.76 Å². The molecule has 8 heteroatoms. The fraction of sp³-hybridized carbons (Fsp3) is 0.467. The van der Waals surface area contributed by atoms with Crippen LogP contribution in [0.2, 0.25) is 0 Å². The van der Waals surface area contributed by atoms with Gasteiger partial charge in [-0.15, -0.1) is 34.9 Å². The molecule has 2 aromatic heterocycles. The Morgan fingerprint density at radius 2 is 1.40 bits per heavy atom. The predicted octanol–water partition coefficient (Wildman–Crippen LogP) is 11.2. The number of nitrogens with zero attached hydrogens (tertiary/aromatic N) is 1. The molecule has 0 atom stereocenters. The molecule has 0 amide bonds. The molecule has 6 rings (SSSR count). The molecule has 0 unspecified atom stereocenters. The number of hydrogen-bond acceptors (Lipinski definition) is 7. The van der Waals surface area contributed by atoms with Crippen molar-refractivity contribution in [1.29, 1.82) is 0 Å². The SMILES string of the molecule is CC1(C)CCC(C)(C)c2cc3c(cc21)sc1c(-c2[c-]c4ccccc4c(C(O)(O)O)c2)nccc13.CCC(C)(CC)C(=O)/C=C(\O)C(C)(CC)CC.[Ir]. The number of aliphatic hydroxyl groups excluding tert-OH is 1. The number of aromatic nitrogens is 1. The van der Waals surface area contributed by atoms with Crippen LogP contribution in [-0.2, 0) is 41.7 Å². The van der Waals surface area contributed by atoms with Gasteiger partial charge in [-0.2, -0.15) is 0 Å². The van der Waals surface area contributed by atoms with Crippen LogP contribution in [0.25, 0.3) is 42.2 Å². The Hall–Kier alpha value is -2.97. The van der Waals surface area contributed by atoms with Gasteiger partial charge in [0, 0.05) is 63.7 Å². The number of rotatable bonds is 9. The van der Waals surface area contributed by atoms with E-state index in [4.69, 9.17) is 4.98 Å². The molecule has 0 fully saturated rings. The number of pyridine rings is 1. The summed E-state index contributed by atoms with van der Waals surface area (Å²) in [6.07, 6.45) is 8.87. The Labute approximate surface area is 332 Å². The number of allylic oxidation sites excluding steroid dienone is 2. The molecule has 0 spiro atoms. The number of benzene rings is 3. The van der Waals surface area contributed by atoms with Crippen LogP contribution in [0, 0.1) is 16.9 Å². The molecular formula is C45H56IrNO5S-. The van der Waals surface area contributed by atoms with E-state index in [0.29, 0.717) is 16.3 Å². The van der Waals surface area contributed by atoms with E-state index in [1.807, 2.05) is 53.7 Å². The molecule has 6 nitrogen and oxygen atoms in total. The largest absolute Gasteiger partial charge is 0.512 e. The minimum atomic E-state index is -2.96. The summed E-state index contributed by atoms with van der Waals surface area (Å²) in [5.74, 6) is -2.68. The van der Waals surface area contributed by atoms with Crippen molar-refractivity contribution < 1.29 is 45.3 Å². The van der Waals surface area contributed by atoms with E-state index in [1.165, 1.54) is 27.3 Å². The van der Waals surface area contributed by atoms with Crippen molar-refractivity contribution in [1.82, 2.24) is 4.98 Å². The van der Waals surface area contributed by atoms with Crippen molar-refractivity contribution in [3.63, 3.8) is 0 Å². The smallest absolute Gasteiger partial charge is 0.290 e. The van der Waals surface area contributed by atoms with Crippen LogP contribution in [0.1, 0.15) is 124 Å². The molecule has 4 N–H and O–H groups in total. The Morgan fingerprint density at radius 3 is 1.96 bits per heavy atom. The third kappa shape index (κ3) is 8.20. The molecule has 0 saturated carbocycles. The second kappa shape index (κ2) is 15.6. The van der Waals surface area contributed by atoms with Crippen molar-refractivity contribution >= 4 is 48.1 Å². The molecule has 1 radical (unpaired) electrons. The standard InChI is InChI=1S/C30H28NO3S.C15H28O2.Ir/c1-28(2)10-11-29(3,4)24-16-25-21(15-23(24)28)20-9-12-31-26(27(20)35-25)18-13-17-7-5-6-8-19(17)22(14-18)30(32,33)34;1-7-14(5,8-2)12(16)11-13(17)15(6,9-3)10-4;/h5-9,12,14-16,32-34H,10-11H2,1-4H3;11,16H,7-10H2,1-6H3;/q-1;;/b;12-11-;. The van der Waals surface area contributed by atoms with Crippen molar-refractivity contribution in [2.24, 2.45) is 10.8 Å². The average molecular weight is 915 g/mol. The summed E-state index contributed by atoms with van der Waals surface area (Å²) in [6.45, 7) is 21.4. The van der Waals surface area contributed by atoms with Crippen LogP contribution < -0.4 is 0 Å². The van der Waals surface area contributed by atoms with Gasteiger partial charge in [0.15, 0.2) is 5.78 Å². The van der Waals surface area contributed by atoms with Crippen LogP contribution in [-0.4, -0.2) is 31.2 Å². The van der Waals surface area contributed by atoms with Gasteiger partial charge < -0.3 is 20.4 Å². The fourth-order valence-corrected chi connectivity index (χ4v) is 8.50. The molecule has 0 aliphatic heterocycles. The van der Waals surface area contributed by atoms with Crippen LogP contribution in [0.5, 0.6) is 0 Å². The Balaban J connectivity index is 0.000000299. The molecule has 0 bridgehead atoms. The van der Waals surface area contributed by atoms with Crippen LogP contribution in [0.15, 0.2) is 66.6 Å². The maximum atomic E-state index is 12.2. The van der Waals surface area contributed by atoms with E-state index in [-0.39, 0.29) is 58.9 Å². The number of thiophene rings is 1. The van der Waals surface area contributed by atoms with Gasteiger partial charge in [-0.05, 0) is 89.6 Å². The quantitative estimate of drug-likeness (QED) is 0.0507. The summed E-state index contributed by atoms with van der Waals surface area (Å²) in [6, 6.07) is 19.0. The van der Waals surface area contributed by atoms with Crippen molar-refractivity contribution in [3.05, 3.63) is 89.3 Å². The zero-order valence-corrected chi connectivity index (χ0v) is 36.1. The Bertz CT molecular complexity index is 2150. The average Bonchev–Trinajstić information content (AvgIpc) is 3.49. The van der Waals surface area contributed by atoms with E-state index in [0.717, 1.165) is 54.3 Å². The third-order valence-electron chi connectivity index (χ3n) is 12.4. The fourth-order valence-electron chi connectivity index (χ4n) is 7.27. The molecule has 1 aliphatic rings. The predicted molar refractivity (Wildman–Crippen MR) is 216 cm³/mol. The molecule has 2 heterocycles. The van der Waals surface area contributed by atoms with Crippen molar-refractivity contribution in [2.75, 3.05) is 0 Å². The number of carbonyl (C=O) groups excluding carboxylic acids is 1. The summed E-state index contributed by atoms with van der Waals surface area (Å²) < 4.78 is 2.25. The number of ketones is 1. The first-order chi connectivity index (χ1) is 24.2. The number of hydrogen-bond donors (Lipinski definition) is 4. The van der Waals surface area contributed by atoms with Crippen LogP contribution in [0.4, 0.5) is 0 Å². The van der Waals surface area contributed by atoms with Gasteiger partial charge in [0.05, 0.1) is 0 Å². The molecule has 3 aromatic carbocycles. The summed E-state index contributed by atoms with van der Waals surface area (Å²) in [4.78, 5) is 16.9. The van der Waals surface area contributed by atoms with Gasteiger partial charge >= 0.3 is 0 Å². The van der Waals surface area contributed by atoms with Gasteiger partial charge in [-0.3, -0.25) is 9.78 Å². The molecule has 5 aromatic rings. The Morgan fingerprint density at radius 1 is 0.830 bits per heavy atom. The zero-order valence-electron chi connectivity index (χ0n) is 32.9. The molecule has 0 saturated heterocycles. The van der Waals surface area contributed by atoms with E-state index in [2.05, 4.69) is 52.0 Å². The summed E-state index contributed by atoms with van der Waals surface area (Å²) >= 11 is 1.71. The summed E-state index contributed by atoms with van der Waals surface area (Å²) in [7, 11) is 0. The molecular weight excluding hydrogens is 859 g/mol. The first kappa shape index (κ1) is 42.8. The van der Waals surface area contributed by atoms with Gasteiger partial charge in [0.2, 0.25) is 0 Å². The van der Waals surface area contributed by atoms with Gasteiger partial charge in [-0.25, -0.2) is 0 Å². The van der Waals surface area contributed by atoms with Crippen molar-refractivity contribution in [2.45, 2.75) is 125 Å². The number of fused-ring (bicyclic) bond motifs is 5. The van der Waals surface area contributed by atoms with E-state index in [1.54, 1.807) is 35.7 Å². The minimum Gasteiger partial charge on any atom is -0.512 e. The summed E-state index contributed by atoms with van der Waals surface area (Å²) in [5, 5.41) is 44.0. The minimum absolute atomic E-state index is 0. The first-order valence-corrected chi connectivity index (χ1v) is 19.5. The second-order valence-corrected chi connectivity index (χ2v) is 17.6. The van der Waals surface area contributed by atoms with Crippen LogP contribution in [0.3, 0.4) is 0 Å². The topological polar surface area (TPSA) is 111 Å². The van der Waals surface area contributed by atoms with Gasteiger partial charge in [0.25, 0.3) is 5.97 Å². The van der Waals surface area contributed by atoms with Crippen LogP contribution >= 0.6 is 11.3 Å². The second-order valence-electron chi connectivity index (χ2n) is 16.5. The van der Waals surface area contributed by atoms with E-state index in [9.17, 15) is 25.2 Å². The number of carbonyl (C=O) groups is 1. The monoisotopic (exact) mass is 915 g/mol. The molecule has 53 heavy (non-hydrogen) atoms. The zero-order chi connectivity index (χ0) is 38.4. The van der Waals surface area contributed by atoms with Gasteiger partial charge in [-0.1, -0.05) is 98.4 Å². The third-order valence-corrected chi connectivity index (χ3v) is 13.5. The first-order valence-electron chi connectivity index (χ1n) is 18.7.